The Hall–Kier alpha value is -0.990. The van der Waals surface area contributed by atoms with Gasteiger partial charge in [-0.2, -0.15) is 21.6 Å². The third kappa shape index (κ3) is 3.54. The average Bonchev–Trinajstić information content (AvgIpc) is 2.04. The van der Waals surface area contributed by atoms with Crippen LogP contribution in [0.5, 0.6) is 0 Å². The van der Waals surface area contributed by atoms with Crippen LogP contribution >= 0.6 is 11.6 Å². The van der Waals surface area contributed by atoms with E-state index in [1.165, 1.54) is 0 Å². The van der Waals surface area contributed by atoms with E-state index in [0.29, 0.717) is 12.1 Å². The molecule has 0 spiro atoms. The molecule has 0 amide bonds. The summed E-state index contributed by atoms with van der Waals surface area (Å²) in [7, 11) is -4.56. The van der Waals surface area contributed by atoms with Gasteiger partial charge in [0.25, 0.3) is 0 Å². The molecule has 4 nitrogen and oxygen atoms in total. The second-order valence-electron chi connectivity index (χ2n) is 2.77. The Labute approximate surface area is 93.9 Å². The van der Waals surface area contributed by atoms with Gasteiger partial charge in [-0.1, -0.05) is 11.6 Å². The molecule has 0 unspecified atom stereocenters. The van der Waals surface area contributed by atoms with Gasteiger partial charge in [-0.25, -0.2) is 0 Å². The first-order chi connectivity index (χ1) is 7.09. The van der Waals surface area contributed by atoms with Crippen molar-refractivity contribution < 1.29 is 26.1 Å². The standard InChI is InChI=1S/C7H5ClF3NO3S/c8-5-3-4(7(9,10)11)1-2-6(5)12-16(13,14)15/h1-3,12H,(H,13,14,15). The van der Waals surface area contributed by atoms with Gasteiger partial charge in [0.05, 0.1) is 16.3 Å². The monoisotopic (exact) mass is 275 g/mol. The van der Waals surface area contributed by atoms with E-state index in [1.807, 2.05) is 0 Å². The number of nitrogens with one attached hydrogen (secondary N) is 1. The van der Waals surface area contributed by atoms with Crippen LogP contribution in [-0.2, 0) is 16.5 Å². The van der Waals surface area contributed by atoms with Gasteiger partial charge in [0.15, 0.2) is 0 Å². The Morgan fingerprint density at radius 1 is 1.31 bits per heavy atom. The number of hydrogen-bond donors (Lipinski definition) is 2. The first kappa shape index (κ1) is 13.1. The number of hydrogen-bond acceptors (Lipinski definition) is 2. The van der Waals surface area contributed by atoms with Gasteiger partial charge in [-0.05, 0) is 18.2 Å². The van der Waals surface area contributed by atoms with Crippen LogP contribution in [0.15, 0.2) is 18.2 Å². The highest BCUT2D eigenvalue weighted by Gasteiger charge is 2.31. The first-order valence-electron chi connectivity index (χ1n) is 3.71. The lowest BCUT2D eigenvalue weighted by atomic mass is 10.2. The number of halogens is 4. The predicted octanol–water partition coefficient (Wildman–Crippen LogP) is 2.57. The molecule has 0 aliphatic heterocycles. The van der Waals surface area contributed by atoms with Crippen LogP contribution in [0.25, 0.3) is 0 Å². The summed E-state index contributed by atoms with van der Waals surface area (Å²) in [4.78, 5) is 0. The van der Waals surface area contributed by atoms with Crippen molar-refractivity contribution in [1.29, 1.82) is 0 Å². The highest BCUT2D eigenvalue weighted by Crippen LogP contribution is 2.33. The van der Waals surface area contributed by atoms with Crippen LogP contribution in [0.3, 0.4) is 0 Å². The molecule has 0 saturated heterocycles. The summed E-state index contributed by atoms with van der Waals surface area (Å²) < 4.78 is 67.3. The Kier molecular flexibility index (Phi) is 3.36. The molecule has 0 fully saturated rings. The summed E-state index contributed by atoms with van der Waals surface area (Å²) in [5, 5.41) is -0.465. The fraction of sp³-hybridized carbons (Fsp3) is 0.143. The van der Waals surface area contributed by atoms with Crippen molar-refractivity contribution in [2.75, 3.05) is 4.72 Å². The molecule has 0 bridgehead atoms. The zero-order valence-corrected chi connectivity index (χ0v) is 8.99. The number of alkyl halides is 3. The van der Waals surface area contributed by atoms with Gasteiger partial charge < -0.3 is 0 Å². The van der Waals surface area contributed by atoms with E-state index in [9.17, 15) is 21.6 Å². The Morgan fingerprint density at radius 3 is 2.25 bits per heavy atom. The summed E-state index contributed by atoms with van der Waals surface area (Å²) in [5.74, 6) is 0. The van der Waals surface area contributed by atoms with Gasteiger partial charge in [0.1, 0.15) is 0 Å². The topological polar surface area (TPSA) is 66.4 Å². The first-order valence-corrected chi connectivity index (χ1v) is 5.53. The molecule has 0 aromatic heterocycles. The van der Waals surface area contributed by atoms with E-state index >= 15 is 0 Å². The van der Waals surface area contributed by atoms with Gasteiger partial charge in [-0.3, -0.25) is 9.27 Å². The van der Waals surface area contributed by atoms with Gasteiger partial charge in [0.2, 0.25) is 0 Å². The lowest BCUT2D eigenvalue weighted by Gasteiger charge is -2.09. The summed E-state index contributed by atoms with van der Waals surface area (Å²) in [6, 6.07) is 1.99. The molecule has 16 heavy (non-hydrogen) atoms. The maximum absolute atomic E-state index is 12.2. The van der Waals surface area contributed by atoms with Crippen LogP contribution in [0, 0.1) is 0 Å². The van der Waals surface area contributed by atoms with Gasteiger partial charge in [0, 0.05) is 0 Å². The molecule has 0 saturated carbocycles. The normalized spacial score (nSPS) is 12.6. The van der Waals surface area contributed by atoms with Crippen LogP contribution in [0.1, 0.15) is 5.56 Å². The summed E-state index contributed by atoms with van der Waals surface area (Å²) in [6.07, 6.45) is -4.57. The molecular weight excluding hydrogens is 271 g/mol. The van der Waals surface area contributed by atoms with E-state index in [4.69, 9.17) is 16.2 Å². The Balaban J connectivity index is 3.11. The average molecular weight is 276 g/mol. The largest absolute Gasteiger partial charge is 0.416 e. The van der Waals surface area contributed by atoms with E-state index in [2.05, 4.69) is 0 Å². The van der Waals surface area contributed by atoms with Crippen molar-refractivity contribution in [1.82, 2.24) is 0 Å². The number of benzene rings is 1. The SMILES string of the molecule is O=S(=O)(O)Nc1ccc(C(F)(F)F)cc1Cl. The van der Waals surface area contributed by atoms with E-state index in [-0.39, 0.29) is 5.69 Å². The summed E-state index contributed by atoms with van der Waals surface area (Å²) in [5.41, 5.74) is -1.35. The minimum Gasteiger partial charge on any atom is -0.269 e. The third-order valence-corrected chi connectivity index (χ3v) is 2.33. The Morgan fingerprint density at radius 2 is 1.88 bits per heavy atom. The van der Waals surface area contributed by atoms with Crippen molar-refractivity contribution >= 4 is 27.6 Å². The second-order valence-corrected chi connectivity index (χ2v) is 4.33. The Bertz CT molecular complexity index is 500. The summed E-state index contributed by atoms with van der Waals surface area (Å²) in [6.45, 7) is 0. The van der Waals surface area contributed by atoms with Crippen LogP contribution in [0.2, 0.25) is 5.02 Å². The quantitative estimate of drug-likeness (QED) is 0.815. The smallest absolute Gasteiger partial charge is 0.269 e. The molecule has 2 N–H and O–H groups in total. The van der Waals surface area contributed by atoms with Gasteiger partial charge in [-0.15, -0.1) is 0 Å². The van der Waals surface area contributed by atoms with Crippen molar-refractivity contribution in [3.63, 3.8) is 0 Å². The molecule has 90 valence electrons. The zero-order chi connectivity index (χ0) is 12.6. The fourth-order valence-electron chi connectivity index (χ4n) is 0.913. The van der Waals surface area contributed by atoms with Crippen LogP contribution < -0.4 is 4.72 Å². The van der Waals surface area contributed by atoms with Gasteiger partial charge >= 0.3 is 16.5 Å². The van der Waals surface area contributed by atoms with E-state index in [0.717, 1.165) is 6.07 Å². The maximum Gasteiger partial charge on any atom is 0.416 e. The molecule has 0 radical (unpaired) electrons. The molecule has 1 aromatic rings. The van der Waals surface area contributed by atoms with Crippen LogP contribution in [0.4, 0.5) is 18.9 Å². The second kappa shape index (κ2) is 4.11. The van der Waals surface area contributed by atoms with Crippen molar-refractivity contribution in [3.05, 3.63) is 28.8 Å². The van der Waals surface area contributed by atoms with E-state index < -0.39 is 27.1 Å². The molecule has 0 aliphatic rings. The molecule has 0 aliphatic carbocycles. The minimum absolute atomic E-state index is 0.336. The van der Waals surface area contributed by atoms with E-state index in [1.54, 1.807) is 4.72 Å². The zero-order valence-electron chi connectivity index (χ0n) is 7.42. The third-order valence-electron chi connectivity index (χ3n) is 1.54. The van der Waals surface area contributed by atoms with Crippen molar-refractivity contribution in [2.24, 2.45) is 0 Å². The molecular formula is C7H5ClF3NO3S. The molecule has 0 atom stereocenters. The maximum atomic E-state index is 12.2. The lowest BCUT2D eigenvalue weighted by Crippen LogP contribution is -2.11. The molecule has 0 heterocycles. The molecule has 1 rings (SSSR count). The van der Waals surface area contributed by atoms with Crippen LogP contribution in [-0.4, -0.2) is 13.0 Å². The highest BCUT2D eigenvalue weighted by atomic mass is 35.5. The summed E-state index contributed by atoms with van der Waals surface area (Å²) >= 11 is 5.40. The molecule has 1 aromatic carbocycles. The highest BCUT2D eigenvalue weighted by molar-refractivity contribution is 7.87. The minimum atomic E-state index is -4.57. The number of anilines is 1. The predicted molar refractivity (Wildman–Crippen MR) is 51.6 cm³/mol. The molecule has 9 heteroatoms. The number of rotatable bonds is 2. The van der Waals surface area contributed by atoms with Crippen molar-refractivity contribution in [2.45, 2.75) is 6.18 Å². The fourth-order valence-corrected chi connectivity index (χ4v) is 1.65. The lowest BCUT2D eigenvalue weighted by molar-refractivity contribution is -0.137. The van der Waals surface area contributed by atoms with Crippen molar-refractivity contribution in [3.8, 4) is 0 Å².